The van der Waals surface area contributed by atoms with Gasteiger partial charge >= 0.3 is 0 Å². The average molecular weight is 344 g/mol. The number of hydrogen-bond donors (Lipinski definition) is 0. The van der Waals surface area contributed by atoms with Gasteiger partial charge in [0, 0.05) is 38.2 Å². The second-order valence-corrected chi connectivity index (χ2v) is 7.40. The van der Waals surface area contributed by atoms with Crippen LogP contribution in [0.1, 0.15) is 49.0 Å². The van der Waals surface area contributed by atoms with Crippen molar-refractivity contribution >= 4 is 11.8 Å². The SMILES string of the molecule is CC(C)CC(=O)N1CCCN(C(=O)c2ccc3c(c2)CCCO3)CC1. The van der Waals surface area contributed by atoms with Crippen LogP contribution in [0.15, 0.2) is 18.2 Å². The van der Waals surface area contributed by atoms with Crippen molar-refractivity contribution in [2.24, 2.45) is 5.92 Å². The summed E-state index contributed by atoms with van der Waals surface area (Å²) < 4.78 is 5.63. The fraction of sp³-hybridized carbons (Fsp3) is 0.600. The number of ether oxygens (including phenoxy) is 1. The predicted octanol–water partition coefficient (Wildman–Crippen LogP) is 2.73. The summed E-state index contributed by atoms with van der Waals surface area (Å²) in [5.41, 5.74) is 1.85. The third-order valence-electron chi connectivity index (χ3n) is 4.87. The maximum absolute atomic E-state index is 12.9. The molecular formula is C20H28N2O3. The summed E-state index contributed by atoms with van der Waals surface area (Å²) in [7, 11) is 0. The van der Waals surface area contributed by atoms with Gasteiger partial charge in [-0.25, -0.2) is 0 Å². The first-order valence-electron chi connectivity index (χ1n) is 9.37. The van der Waals surface area contributed by atoms with E-state index >= 15 is 0 Å². The molecule has 0 aliphatic carbocycles. The molecule has 2 amide bonds. The number of hydrogen-bond acceptors (Lipinski definition) is 3. The summed E-state index contributed by atoms with van der Waals surface area (Å²) in [5.74, 6) is 1.54. The first-order chi connectivity index (χ1) is 12.0. The summed E-state index contributed by atoms with van der Waals surface area (Å²) in [6, 6.07) is 5.75. The van der Waals surface area contributed by atoms with Crippen LogP contribution in [0.4, 0.5) is 0 Å². The van der Waals surface area contributed by atoms with E-state index in [-0.39, 0.29) is 11.8 Å². The summed E-state index contributed by atoms with van der Waals surface area (Å²) in [5, 5.41) is 0. The molecule has 2 heterocycles. The Bertz CT molecular complexity index is 642. The van der Waals surface area contributed by atoms with Crippen molar-refractivity contribution < 1.29 is 14.3 Å². The van der Waals surface area contributed by atoms with Gasteiger partial charge < -0.3 is 14.5 Å². The maximum atomic E-state index is 12.9. The van der Waals surface area contributed by atoms with Crippen LogP contribution in [0, 0.1) is 5.92 Å². The van der Waals surface area contributed by atoms with Crippen LogP contribution < -0.4 is 4.74 Å². The molecule has 0 aromatic heterocycles. The molecule has 0 spiro atoms. The highest BCUT2D eigenvalue weighted by atomic mass is 16.5. The van der Waals surface area contributed by atoms with Gasteiger partial charge in [-0.1, -0.05) is 13.8 Å². The molecule has 0 saturated carbocycles. The van der Waals surface area contributed by atoms with Crippen LogP contribution in [0.5, 0.6) is 5.75 Å². The summed E-state index contributed by atoms with van der Waals surface area (Å²) >= 11 is 0. The molecular weight excluding hydrogens is 316 g/mol. The molecule has 5 nitrogen and oxygen atoms in total. The topological polar surface area (TPSA) is 49.9 Å². The molecule has 0 bridgehead atoms. The molecule has 2 aliphatic heterocycles. The number of aryl methyl sites for hydroxylation is 1. The molecule has 136 valence electrons. The third kappa shape index (κ3) is 4.33. The lowest BCUT2D eigenvalue weighted by atomic mass is 10.0. The van der Waals surface area contributed by atoms with Crippen molar-refractivity contribution in [1.29, 1.82) is 0 Å². The van der Waals surface area contributed by atoms with Crippen LogP contribution in [-0.2, 0) is 11.2 Å². The van der Waals surface area contributed by atoms with E-state index in [2.05, 4.69) is 13.8 Å². The highest BCUT2D eigenvalue weighted by molar-refractivity contribution is 5.94. The molecule has 0 unspecified atom stereocenters. The van der Waals surface area contributed by atoms with Crippen molar-refractivity contribution in [2.45, 2.75) is 39.5 Å². The fourth-order valence-electron chi connectivity index (χ4n) is 3.52. The van der Waals surface area contributed by atoms with Crippen molar-refractivity contribution in [2.75, 3.05) is 32.8 Å². The Morgan fingerprint density at radius 3 is 2.64 bits per heavy atom. The summed E-state index contributed by atoms with van der Waals surface area (Å²) in [6.45, 7) is 7.57. The molecule has 1 saturated heterocycles. The van der Waals surface area contributed by atoms with E-state index in [1.54, 1.807) is 0 Å². The van der Waals surface area contributed by atoms with E-state index in [1.807, 2.05) is 28.0 Å². The number of amides is 2. The lowest BCUT2D eigenvalue weighted by molar-refractivity contribution is -0.131. The Morgan fingerprint density at radius 2 is 1.84 bits per heavy atom. The minimum Gasteiger partial charge on any atom is -0.493 e. The third-order valence-corrected chi connectivity index (χ3v) is 4.87. The highest BCUT2D eigenvalue weighted by Crippen LogP contribution is 2.26. The Morgan fingerprint density at radius 1 is 1.08 bits per heavy atom. The second kappa shape index (κ2) is 7.89. The van der Waals surface area contributed by atoms with Crippen LogP contribution in [-0.4, -0.2) is 54.4 Å². The normalized spacial score (nSPS) is 17.7. The number of rotatable bonds is 3. The van der Waals surface area contributed by atoms with E-state index in [4.69, 9.17) is 4.74 Å². The van der Waals surface area contributed by atoms with Gasteiger partial charge in [0.1, 0.15) is 5.75 Å². The van der Waals surface area contributed by atoms with Gasteiger partial charge in [0.2, 0.25) is 5.91 Å². The number of benzene rings is 1. The van der Waals surface area contributed by atoms with Crippen molar-refractivity contribution in [3.8, 4) is 5.75 Å². The van der Waals surface area contributed by atoms with E-state index in [0.717, 1.165) is 49.3 Å². The van der Waals surface area contributed by atoms with Crippen LogP contribution in [0.3, 0.4) is 0 Å². The summed E-state index contributed by atoms with van der Waals surface area (Å²) in [4.78, 5) is 28.9. The number of fused-ring (bicyclic) bond motifs is 1. The maximum Gasteiger partial charge on any atom is 0.253 e. The minimum atomic E-state index is 0.0616. The minimum absolute atomic E-state index is 0.0616. The molecule has 1 aromatic carbocycles. The van der Waals surface area contributed by atoms with Gasteiger partial charge in [0.05, 0.1) is 6.61 Å². The van der Waals surface area contributed by atoms with E-state index < -0.39 is 0 Å². The molecule has 0 radical (unpaired) electrons. The van der Waals surface area contributed by atoms with Gasteiger partial charge in [-0.05, 0) is 48.9 Å². The Labute approximate surface area is 149 Å². The van der Waals surface area contributed by atoms with Crippen molar-refractivity contribution in [3.05, 3.63) is 29.3 Å². The molecule has 1 aromatic rings. The Hall–Kier alpha value is -2.04. The summed E-state index contributed by atoms with van der Waals surface area (Å²) in [6.07, 6.45) is 3.39. The average Bonchev–Trinajstić information content (AvgIpc) is 2.86. The monoisotopic (exact) mass is 344 g/mol. The first kappa shape index (κ1) is 17.8. The zero-order valence-electron chi connectivity index (χ0n) is 15.3. The second-order valence-electron chi connectivity index (χ2n) is 7.40. The number of carbonyl (C=O) groups is 2. The molecule has 1 fully saturated rings. The number of carbonyl (C=O) groups excluding carboxylic acids is 2. The Balaban J connectivity index is 1.64. The van der Waals surface area contributed by atoms with Gasteiger partial charge in [-0.3, -0.25) is 9.59 Å². The van der Waals surface area contributed by atoms with Gasteiger partial charge in [-0.15, -0.1) is 0 Å². The lowest BCUT2D eigenvalue weighted by Crippen LogP contribution is -2.37. The standard InChI is InChI=1S/C20H28N2O3/c1-15(2)13-19(23)21-8-4-9-22(11-10-21)20(24)17-6-7-18-16(14-17)5-3-12-25-18/h6-7,14-15H,3-5,8-13H2,1-2H3. The van der Waals surface area contributed by atoms with E-state index in [1.165, 1.54) is 0 Å². The van der Waals surface area contributed by atoms with E-state index in [0.29, 0.717) is 32.0 Å². The largest absolute Gasteiger partial charge is 0.493 e. The molecule has 0 atom stereocenters. The van der Waals surface area contributed by atoms with Crippen molar-refractivity contribution in [3.63, 3.8) is 0 Å². The number of nitrogens with zero attached hydrogens (tertiary/aromatic N) is 2. The van der Waals surface area contributed by atoms with Crippen LogP contribution in [0.2, 0.25) is 0 Å². The van der Waals surface area contributed by atoms with Crippen LogP contribution in [0.25, 0.3) is 0 Å². The zero-order valence-corrected chi connectivity index (χ0v) is 15.3. The van der Waals surface area contributed by atoms with Gasteiger partial charge in [-0.2, -0.15) is 0 Å². The smallest absolute Gasteiger partial charge is 0.253 e. The quantitative estimate of drug-likeness (QED) is 0.847. The Kier molecular flexibility index (Phi) is 5.61. The van der Waals surface area contributed by atoms with Crippen LogP contribution >= 0.6 is 0 Å². The van der Waals surface area contributed by atoms with Crippen molar-refractivity contribution in [1.82, 2.24) is 9.80 Å². The highest BCUT2D eigenvalue weighted by Gasteiger charge is 2.24. The lowest BCUT2D eigenvalue weighted by Gasteiger charge is -2.23. The molecule has 5 heteroatoms. The van der Waals surface area contributed by atoms with Gasteiger partial charge in [0.25, 0.3) is 5.91 Å². The first-order valence-corrected chi connectivity index (χ1v) is 9.37. The molecule has 2 aliphatic rings. The molecule has 3 rings (SSSR count). The van der Waals surface area contributed by atoms with E-state index in [9.17, 15) is 9.59 Å². The molecule has 25 heavy (non-hydrogen) atoms. The predicted molar refractivity (Wildman–Crippen MR) is 96.8 cm³/mol. The van der Waals surface area contributed by atoms with Gasteiger partial charge in [0.15, 0.2) is 0 Å². The molecule has 0 N–H and O–H groups in total. The fourth-order valence-corrected chi connectivity index (χ4v) is 3.52. The zero-order chi connectivity index (χ0) is 17.8.